The molecule has 8 heteroatoms. The number of nitrogens with one attached hydrogen (secondary N) is 1. The number of aryl methyl sites for hydroxylation is 2. The Labute approximate surface area is 270 Å². The molecule has 0 radical (unpaired) electrons. The highest BCUT2D eigenvalue weighted by Gasteiger charge is 2.12. The van der Waals surface area contributed by atoms with E-state index in [0.29, 0.717) is 17.5 Å². The van der Waals surface area contributed by atoms with Crippen LogP contribution in [0.1, 0.15) is 62.4 Å². The first kappa shape index (κ1) is 34.7. The van der Waals surface area contributed by atoms with Crippen LogP contribution in [0.25, 0.3) is 10.1 Å². The van der Waals surface area contributed by atoms with E-state index in [2.05, 4.69) is 66.8 Å². The molecule has 4 rings (SSSR count). The highest BCUT2D eigenvalue weighted by molar-refractivity contribution is 7.17. The molecule has 3 aromatic carbocycles. The number of thiophene rings is 1. The fraction of sp³-hybridized carbons (Fsp3) is 0.333. The van der Waals surface area contributed by atoms with E-state index in [1.807, 2.05) is 56.3 Å². The van der Waals surface area contributed by atoms with Crippen LogP contribution in [-0.4, -0.2) is 43.2 Å². The van der Waals surface area contributed by atoms with Gasteiger partial charge in [-0.1, -0.05) is 61.8 Å². The third-order valence-electron chi connectivity index (χ3n) is 7.14. The van der Waals surface area contributed by atoms with Crippen molar-refractivity contribution in [2.45, 2.75) is 54.9 Å². The summed E-state index contributed by atoms with van der Waals surface area (Å²) in [6.07, 6.45) is 0.906. The number of hydrogen-bond acceptors (Lipinski definition) is 6. The Balaban J connectivity index is 0.000000278. The van der Waals surface area contributed by atoms with Crippen molar-refractivity contribution in [3.05, 3.63) is 98.9 Å². The summed E-state index contributed by atoms with van der Waals surface area (Å²) >= 11 is 7.86. The molecule has 4 aromatic rings. The van der Waals surface area contributed by atoms with Gasteiger partial charge in [-0.2, -0.15) is 10.2 Å². The monoisotopic (exact) mass is 630 g/mol. The first-order chi connectivity index (χ1) is 21.0. The number of benzene rings is 3. The summed E-state index contributed by atoms with van der Waals surface area (Å²) in [4.78, 5) is 15.7. The fourth-order valence-corrected chi connectivity index (χ4v) is 5.46. The van der Waals surface area contributed by atoms with Crippen LogP contribution in [0.3, 0.4) is 0 Å². The average molecular weight is 631 g/mol. The molecular weight excluding hydrogens is 588 g/mol. The van der Waals surface area contributed by atoms with Gasteiger partial charge in [0.1, 0.15) is 5.75 Å². The quantitative estimate of drug-likeness (QED) is 0.140. The Morgan fingerprint density at radius 3 is 2.36 bits per heavy atom. The van der Waals surface area contributed by atoms with E-state index in [4.69, 9.17) is 21.3 Å². The average Bonchev–Trinajstić information content (AvgIpc) is 3.42. The zero-order chi connectivity index (χ0) is 32.2. The maximum Gasteiger partial charge on any atom is 0.216 e. The molecule has 232 valence electrons. The lowest BCUT2D eigenvalue weighted by Gasteiger charge is -2.12. The molecule has 6 nitrogen and oxygen atoms in total. The van der Waals surface area contributed by atoms with Gasteiger partial charge in [0.25, 0.3) is 0 Å². The van der Waals surface area contributed by atoms with E-state index in [1.54, 1.807) is 25.4 Å². The van der Waals surface area contributed by atoms with Crippen LogP contribution in [0, 0.1) is 19.8 Å². The molecule has 0 bridgehead atoms. The summed E-state index contributed by atoms with van der Waals surface area (Å²) in [5.41, 5.74) is 8.54. The zero-order valence-electron chi connectivity index (χ0n) is 27.0. The maximum absolute atomic E-state index is 10.8. The summed E-state index contributed by atoms with van der Waals surface area (Å²) in [5.74, 6) is 1.21. The minimum absolute atomic E-state index is 0.0377. The van der Waals surface area contributed by atoms with Crippen molar-refractivity contribution in [2.75, 3.05) is 20.2 Å². The predicted octanol–water partition coefficient (Wildman–Crippen LogP) is 8.88. The molecule has 1 aromatic heterocycles. The minimum atomic E-state index is 0.0377. The van der Waals surface area contributed by atoms with Crippen LogP contribution in [0.2, 0.25) is 5.02 Å². The second kappa shape index (κ2) is 16.9. The van der Waals surface area contributed by atoms with Gasteiger partial charge in [0.05, 0.1) is 25.1 Å². The molecule has 44 heavy (non-hydrogen) atoms. The molecule has 1 amide bonds. The molecule has 1 N–H and O–H groups in total. The number of halogens is 1. The van der Waals surface area contributed by atoms with E-state index >= 15 is 0 Å². The topological polar surface area (TPSA) is 75.4 Å². The van der Waals surface area contributed by atoms with Crippen molar-refractivity contribution in [3.8, 4) is 5.75 Å². The molecule has 0 saturated heterocycles. The van der Waals surface area contributed by atoms with Gasteiger partial charge in [0, 0.05) is 40.0 Å². The number of carbonyl (C=O) groups is 1. The van der Waals surface area contributed by atoms with Crippen molar-refractivity contribution < 1.29 is 9.53 Å². The summed E-state index contributed by atoms with van der Waals surface area (Å²) in [6.45, 7) is 15.1. The third-order valence-corrected chi connectivity index (χ3v) is 8.57. The van der Waals surface area contributed by atoms with Crippen LogP contribution in [0.5, 0.6) is 5.75 Å². The molecular formula is C36H43ClN4O2S. The van der Waals surface area contributed by atoms with Gasteiger partial charge >= 0.3 is 0 Å². The molecule has 0 aliphatic rings. The Hall–Kier alpha value is -3.81. The van der Waals surface area contributed by atoms with Crippen LogP contribution < -0.4 is 10.1 Å². The second-order valence-electron chi connectivity index (χ2n) is 11.0. The Bertz CT molecular complexity index is 1650. The summed E-state index contributed by atoms with van der Waals surface area (Å²) < 4.78 is 6.77. The van der Waals surface area contributed by atoms with Crippen LogP contribution in [-0.2, 0) is 11.2 Å². The zero-order valence-corrected chi connectivity index (χ0v) is 28.6. The molecule has 0 aliphatic heterocycles. The SMILES string of the molecule is CC(=O)NCCc1csc2c(C)cccc12.COc1ccc(C)c(C(=NC/C(C)=N/N=C(/C)C(C)C)c2ccc(Cl)cc2)c1. The van der Waals surface area contributed by atoms with Gasteiger partial charge in [-0.05, 0) is 91.8 Å². The van der Waals surface area contributed by atoms with E-state index in [0.717, 1.165) is 52.5 Å². The van der Waals surface area contributed by atoms with Gasteiger partial charge in [-0.15, -0.1) is 11.3 Å². The predicted molar refractivity (Wildman–Crippen MR) is 190 cm³/mol. The fourth-order valence-electron chi connectivity index (χ4n) is 4.25. The number of methoxy groups -OCH3 is 1. The van der Waals surface area contributed by atoms with Crippen molar-refractivity contribution >= 4 is 56.1 Å². The lowest BCUT2D eigenvalue weighted by atomic mass is 9.97. The summed E-state index contributed by atoms with van der Waals surface area (Å²) in [5, 5.41) is 15.7. The van der Waals surface area contributed by atoms with Gasteiger partial charge in [-0.25, -0.2) is 0 Å². The third kappa shape index (κ3) is 10.1. The maximum atomic E-state index is 10.8. The Morgan fingerprint density at radius 1 is 0.977 bits per heavy atom. The number of carbonyl (C=O) groups excluding carboxylic acids is 1. The lowest BCUT2D eigenvalue weighted by molar-refractivity contribution is -0.118. The van der Waals surface area contributed by atoms with E-state index < -0.39 is 0 Å². The van der Waals surface area contributed by atoms with Crippen molar-refractivity contribution in [3.63, 3.8) is 0 Å². The molecule has 0 atom stereocenters. The largest absolute Gasteiger partial charge is 0.497 e. The van der Waals surface area contributed by atoms with E-state index in [9.17, 15) is 4.79 Å². The molecule has 1 heterocycles. The molecule has 0 fully saturated rings. The second-order valence-corrected chi connectivity index (χ2v) is 12.3. The van der Waals surface area contributed by atoms with Crippen LogP contribution in [0.4, 0.5) is 0 Å². The summed E-state index contributed by atoms with van der Waals surface area (Å²) in [7, 11) is 1.67. The highest BCUT2D eigenvalue weighted by Crippen LogP contribution is 2.29. The molecule has 0 saturated carbocycles. The van der Waals surface area contributed by atoms with Crippen LogP contribution >= 0.6 is 22.9 Å². The number of rotatable bonds is 10. The van der Waals surface area contributed by atoms with Crippen molar-refractivity contribution in [2.24, 2.45) is 21.1 Å². The Morgan fingerprint density at radius 2 is 1.70 bits per heavy atom. The lowest BCUT2D eigenvalue weighted by Crippen LogP contribution is -2.22. The van der Waals surface area contributed by atoms with Crippen LogP contribution in [0.15, 0.2) is 81.2 Å². The number of hydrogen-bond donors (Lipinski definition) is 1. The smallest absolute Gasteiger partial charge is 0.216 e. The summed E-state index contributed by atoms with van der Waals surface area (Å²) in [6, 6.07) is 20.1. The Kier molecular flexibility index (Phi) is 13.3. The van der Waals surface area contributed by atoms with E-state index in [1.165, 1.54) is 21.2 Å². The van der Waals surface area contributed by atoms with Crippen molar-refractivity contribution in [1.29, 1.82) is 0 Å². The van der Waals surface area contributed by atoms with Gasteiger partial charge < -0.3 is 10.1 Å². The highest BCUT2D eigenvalue weighted by atomic mass is 35.5. The molecule has 0 unspecified atom stereocenters. The number of nitrogens with zero attached hydrogens (tertiary/aromatic N) is 3. The van der Waals surface area contributed by atoms with Crippen molar-refractivity contribution in [1.82, 2.24) is 5.32 Å². The van der Waals surface area contributed by atoms with Gasteiger partial charge in [0.15, 0.2) is 0 Å². The molecule has 0 spiro atoms. The standard InChI is InChI=1S/C23H28ClN3O.C13H15NOS/c1-15(2)18(5)27-26-17(4)14-25-23(19-8-10-20(24)11-9-19)22-13-21(28-6)12-7-16(22)3;1-9-4-3-5-12-11(8-16-13(9)12)6-7-14-10(2)15/h7-13,15H,14H2,1-6H3;3-5,8H,6-7H2,1-2H3,(H,14,15)/b25-23?,26-17+,27-18-;. The number of aliphatic imine (C=N–C) groups is 1. The van der Waals surface area contributed by atoms with Gasteiger partial charge in [-0.3, -0.25) is 9.79 Å². The normalized spacial score (nSPS) is 12.3. The van der Waals surface area contributed by atoms with E-state index in [-0.39, 0.29) is 5.91 Å². The first-order valence-electron chi connectivity index (χ1n) is 14.7. The number of amides is 1. The number of fused-ring (bicyclic) bond motifs is 1. The molecule has 0 aliphatic carbocycles. The van der Waals surface area contributed by atoms with Gasteiger partial charge in [0.2, 0.25) is 5.91 Å². The minimum Gasteiger partial charge on any atom is -0.497 e. The first-order valence-corrected chi connectivity index (χ1v) is 16.0. The number of ether oxygens (including phenoxy) is 1.